The number of carbonyl (C=O) groups is 2. The second kappa shape index (κ2) is 5.97. The first kappa shape index (κ1) is 14.2. The van der Waals surface area contributed by atoms with Gasteiger partial charge in [0.25, 0.3) is 0 Å². The van der Waals surface area contributed by atoms with Crippen LogP contribution in [0.2, 0.25) is 0 Å². The molecule has 0 fully saturated rings. The third kappa shape index (κ3) is 2.69. The van der Waals surface area contributed by atoms with Crippen LogP contribution in [-0.2, 0) is 22.6 Å². The lowest BCUT2D eigenvalue weighted by atomic mass is 9.92. The molecule has 0 saturated heterocycles. The van der Waals surface area contributed by atoms with Crippen LogP contribution < -0.4 is 0 Å². The number of fused-ring (bicyclic) bond motifs is 1. The van der Waals surface area contributed by atoms with Gasteiger partial charge in [0, 0.05) is 13.0 Å². The third-order valence-corrected chi connectivity index (χ3v) is 3.86. The largest absolute Gasteiger partial charge is 0.479 e. The van der Waals surface area contributed by atoms with Gasteiger partial charge in [-0.25, -0.2) is 9.78 Å². The zero-order valence-corrected chi connectivity index (χ0v) is 11.9. The lowest BCUT2D eigenvalue weighted by Gasteiger charge is -2.34. The molecule has 1 aliphatic heterocycles. The minimum absolute atomic E-state index is 0.183. The number of aliphatic carboxylic acids is 1. The SMILES string of the molecule is O=C(O)C1c2ccccc2CCN1C(=O)CCn1cncn1. The van der Waals surface area contributed by atoms with Crippen LogP contribution in [0.3, 0.4) is 0 Å². The lowest BCUT2D eigenvalue weighted by Crippen LogP contribution is -2.43. The van der Waals surface area contributed by atoms with E-state index in [2.05, 4.69) is 10.1 Å². The minimum atomic E-state index is -0.999. The summed E-state index contributed by atoms with van der Waals surface area (Å²) < 4.78 is 1.56. The summed E-state index contributed by atoms with van der Waals surface area (Å²) >= 11 is 0. The fourth-order valence-corrected chi connectivity index (χ4v) is 2.80. The zero-order chi connectivity index (χ0) is 15.5. The summed E-state index contributed by atoms with van der Waals surface area (Å²) in [7, 11) is 0. The van der Waals surface area contributed by atoms with Crippen LogP contribution in [0.1, 0.15) is 23.6 Å². The van der Waals surface area contributed by atoms with E-state index in [0.29, 0.717) is 25.1 Å². The highest BCUT2D eigenvalue weighted by atomic mass is 16.4. The number of amides is 1. The molecule has 0 radical (unpaired) electrons. The van der Waals surface area contributed by atoms with Gasteiger partial charge in [0.15, 0.2) is 6.04 Å². The molecule has 1 unspecified atom stereocenters. The van der Waals surface area contributed by atoms with E-state index in [4.69, 9.17) is 0 Å². The van der Waals surface area contributed by atoms with E-state index < -0.39 is 12.0 Å². The average Bonchev–Trinajstić information content (AvgIpc) is 3.04. The van der Waals surface area contributed by atoms with Crippen LogP contribution in [0.4, 0.5) is 0 Å². The normalized spacial score (nSPS) is 17.1. The molecule has 1 amide bonds. The second-order valence-corrected chi connectivity index (χ2v) is 5.19. The standard InChI is InChI=1S/C15H16N4O3/c20-13(6-7-18-10-16-9-17-18)19-8-5-11-3-1-2-4-12(11)14(19)15(21)22/h1-4,9-10,14H,5-8H2,(H,21,22). The van der Waals surface area contributed by atoms with Gasteiger partial charge in [0.2, 0.25) is 5.91 Å². The minimum Gasteiger partial charge on any atom is -0.479 e. The summed E-state index contributed by atoms with van der Waals surface area (Å²) in [6, 6.07) is 6.49. The van der Waals surface area contributed by atoms with E-state index >= 15 is 0 Å². The first-order valence-electron chi connectivity index (χ1n) is 7.09. The number of aromatic nitrogens is 3. The molecule has 2 aromatic rings. The fraction of sp³-hybridized carbons (Fsp3) is 0.333. The van der Waals surface area contributed by atoms with Crippen LogP contribution in [0.5, 0.6) is 0 Å². The molecule has 7 heteroatoms. The van der Waals surface area contributed by atoms with Crippen molar-refractivity contribution in [2.75, 3.05) is 6.54 Å². The molecule has 1 aliphatic rings. The molecule has 0 bridgehead atoms. The highest BCUT2D eigenvalue weighted by Crippen LogP contribution is 2.30. The zero-order valence-electron chi connectivity index (χ0n) is 11.9. The summed E-state index contributed by atoms with van der Waals surface area (Å²) in [4.78, 5) is 29.3. The summed E-state index contributed by atoms with van der Waals surface area (Å²) in [6.45, 7) is 0.813. The molecule has 0 spiro atoms. The molecule has 2 heterocycles. The number of benzene rings is 1. The highest BCUT2D eigenvalue weighted by Gasteiger charge is 2.35. The van der Waals surface area contributed by atoms with Crippen molar-refractivity contribution < 1.29 is 14.7 Å². The maximum absolute atomic E-state index is 12.4. The van der Waals surface area contributed by atoms with Gasteiger partial charge in [0.05, 0.1) is 6.54 Å². The van der Waals surface area contributed by atoms with Gasteiger partial charge in [0.1, 0.15) is 12.7 Å². The predicted octanol–water partition coefficient (Wildman–Crippen LogP) is 0.879. The van der Waals surface area contributed by atoms with Crippen LogP contribution in [0.15, 0.2) is 36.9 Å². The van der Waals surface area contributed by atoms with E-state index in [1.807, 2.05) is 12.1 Å². The number of carbonyl (C=O) groups excluding carboxylic acids is 1. The van der Waals surface area contributed by atoms with Crippen molar-refractivity contribution >= 4 is 11.9 Å². The van der Waals surface area contributed by atoms with Crippen molar-refractivity contribution in [3.8, 4) is 0 Å². The molecule has 1 atom stereocenters. The molecule has 3 rings (SSSR count). The Morgan fingerprint density at radius 1 is 1.32 bits per heavy atom. The van der Waals surface area contributed by atoms with Crippen LogP contribution in [0, 0.1) is 0 Å². The molecular weight excluding hydrogens is 284 g/mol. The maximum atomic E-state index is 12.4. The molecule has 1 N–H and O–H groups in total. The van der Waals surface area contributed by atoms with Crippen molar-refractivity contribution in [2.24, 2.45) is 0 Å². The van der Waals surface area contributed by atoms with E-state index in [1.165, 1.54) is 17.6 Å². The Balaban J connectivity index is 1.78. The van der Waals surface area contributed by atoms with E-state index in [0.717, 1.165) is 5.56 Å². The Morgan fingerprint density at radius 2 is 2.14 bits per heavy atom. The van der Waals surface area contributed by atoms with Gasteiger partial charge in [-0.2, -0.15) is 5.10 Å². The predicted molar refractivity (Wildman–Crippen MR) is 76.9 cm³/mol. The molecule has 0 aliphatic carbocycles. The Bertz CT molecular complexity index is 684. The maximum Gasteiger partial charge on any atom is 0.331 e. The number of hydrogen-bond donors (Lipinski definition) is 1. The van der Waals surface area contributed by atoms with Crippen molar-refractivity contribution in [2.45, 2.75) is 25.4 Å². The number of carboxylic acid groups (broad SMARTS) is 1. The van der Waals surface area contributed by atoms with E-state index in [-0.39, 0.29) is 12.3 Å². The Kier molecular flexibility index (Phi) is 3.86. The number of nitrogens with zero attached hydrogens (tertiary/aromatic N) is 4. The summed E-state index contributed by atoms with van der Waals surface area (Å²) in [5.74, 6) is -1.18. The van der Waals surface area contributed by atoms with Crippen LogP contribution in [0.25, 0.3) is 0 Å². The Hall–Kier alpha value is -2.70. The Labute approximate surface area is 127 Å². The quantitative estimate of drug-likeness (QED) is 0.905. The van der Waals surface area contributed by atoms with Crippen molar-refractivity contribution in [3.05, 3.63) is 48.0 Å². The summed E-state index contributed by atoms with van der Waals surface area (Å²) in [5, 5.41) is 13.5. The smallest absolute Gasteiger partial charge is 0.331 e. The number of aryl methyl sites for hydroxylation is 1. The fourth-order valence-electron chi connectivity index (χ4n) is 2.80. The lowest BCUT2D eigenvalue weighted by molar-refractivity contribution is -0.151. The highest BCUT2D eigenvalue weighted by molar-refractivity contribution is 5.85. The van der Waals surface area contributed by atoms with E-state index in [9.17, 15) is 14.7 Å². The Morgan fingerprint density at radius 3 is 2.86 bits per heavy atom. The van der Waals surface area contributed by atoms with Gasteiger partial charge in [-0.3, -0.25) is 9.48 Å². The molecule has 1 aromatic heterocycles. The van der Waals surface area contributed by atoms with Crippen LogP contribution in [-0.4, -0.2) is 43.2 Å². The first-order valence-corrected chi connectivity index (χ1v) is 7.09. The number of carboxylic acids is 1. The molecule has 0 saturated carbocycles. The number of hydrogen-bond acceptors (Lipinski definition) is 4. The summed E-state index contributed by atoms with van der Waals surface area (Å²) in [5.41, 5.74) is 1.70. The van der Waals surface area contributed by atoms with Gasteiger partial charge < -0.3 is 10.0 Å². The van der Waals surface area contributed by atoms with Gasteiger partial charge in [-0.05, 0) is 17.5 Å². The van der Waals surface area contributed by atoms with Gasteiger partial charge in [-0.1, -0.05) is 24.3 Å². The first-order chi connectivity index (χ1) is 10.7. The summed E-state index contributed by atoms with van der Waals surface area (Å²) in [6.07, 6.45) is 3.82. The molecule has 7 nitrogen and oxygen atoms in total. The topological polar surface area (TPSA) is 88.3 Å². The second-order valence-electron chi connectivity index (χ2n) is 5.19. The molecule has 114 valence electrons. The van der Waals surface area contributed by atoms with Crippen molar-refractivity contribution in [1.29, 1.82) is 0 Å². The van der Waals surface area contributed by atoms with Crippen molar-refractivity contribution in [1.82, 2.24) is 19.7 Å². The molecular formula is C15H16N4O3. The molecule has 1 aromatic carbocycles. The third-order valence-electron chi connectivity index (χ3n) is 3.86. The van der Waals surface area contributed by atoms with Gasteiger partial charge >= 0.3 is 5.97 Å². The monoisotopic (exact) mass is 300 g/mol. The number of rotatable bonds is 4. The van der Waals surface area contributed by atoms with Crippen molar-refractivity contribution in [3.63, 3.8) is 0 Å². The van der Waals surface area contributed by atoms with Gasteiger partial charge in [-0.15, -0.1) is 0 Å². The average molecular weight is 300 g/mol. The van der Waals surface area contributed by atoms with E-state index in [1.54, 1.807) is 16.8 Å². The molecule has 22 heavy (non-hydrogen) atoms. The van der Waals surface area contributed by atoms with Crippen LogP contribution >= 0.6 is 0 Å².